The van der Waals surface area contributed by atoms with Gasteiger partial charge in [-0.1, -0.05) is 0 Å². The van der Waals surface area contributed by atoms with E-state index in [2.05, 4.69) is 34.1 Å². The molecule has 0 saturated carbocycles. The van der Waals surface area contributed by atoms with Crippen molar-refractivity contribution in [2.75, 3.05) is 62.3 Å². The Hall–Kier alpha value is -1.99. The topological polar surface area (TPSA) is 65.5 Å². The predicted octanol–water partition coefficient (Wildman–Crippen LogP) is 1.83. The van der Waals surface area contributed by atoms with Gasteiger partial charge in [-0.2, -0.15) is 0 Å². The molecule has 7 nitrogen and oxygen atoms in total. The van der Waals surface area contributed by atoms with Crippen molar-refractivity contribution in [1.29, 1.82) is 0 Å². The highest BCUT2D eigenvalue weighted by molar-refractivity contribution is 5.65. The van der Waals surface area contributed by atoms with Crippen LogP contribution < -0.4 is 9.80 Å². The Labute approximate surface area is 147 Å². The number of hydrogen-bond donors (Lipinski definition) is 1. The third-order valence-corrected chi connectivity index (χ3v) is 5.47. The van der Waals surface area contributed by atoms with E-state index in [1.165, 1.54) is 10.6 Å². The first-order valence-electron chi connectivity index (χ1n) is 9.01. The highest BCUT2D eigenvalue weighted by Gasteiger charge is 2.39. The molecule has 25 heavy (non-hydrogen) atoms. The van der Waals surface area contributed by atoms with Crippen LogP contribution in [0.2, 0.25) is 0 Å². The molecule has 3 fully saturated rings. The molecule has 7 heteroatoms. The Balaban J connectivity index is 1.34. The second-order valence-electron chi connectivity index (χ2n) is 6.87. The first kappa shape index (κ1) is 16.5. The minimum Gasteiger partial charge on any atom is -0.465 e. The molecule has 3 aliphatic rings. The second-order valence-corrected chi connectivity index (χ2v) is 6.87. The van der Waals surface area contributed by atoms with Gasteiger partial charge in [0.25, 0.3) is 0 Å². The van der Waals surface area contributed by atoms with E-state index in [0.717, 1.165) is 44.7 Å². The molecule has 0 aromatic heterocycles. The molecule has 1 spiro atoms. The molecule has 1 aromatic rings. The van der Waals surface area contributed by atoms with E-state index in [9.17, 15) is 4.79 Å². The van der Waals surface area contributed by atoms with Gasteiger partial charge in [-0.15, -0.1) is 0 Å². The largest absolute Gasteiger partial charge is 0.465 e. The molecule has 0 unspecified atom stereocenters. The summed E-state index contributed by atoms with van der Waals surface area (Å²) in [6, 6.07) is 8.60. The van der Waals surface area contributed by atoms with Gasteiger partial charge in [0.2, 0.25) is 0 Å². The summed E-state index contributed by atoms with van der Waals surface area (Å²) < 4.78 is 11.6. The number of piperazine rings is 1. The third kappa shape index (κ3) is 3.39. The van der Waals surface area contributed by atoms with Crippen LogP contribution in [0.15, 0.2) is 24.3 Å². The Morgan fingerprint density at radius 1 is 0.840 bits per heavy atom. The molecule has 1 aromatic carbocycles. The number of ether oxygens (including phenoxy) is 2. The monoisotopic (exact) mass is 347 g/mol. The molecular weight excluding hydrogens is 322 g/mol. The summed E-state index contributed by atoms with van der Waals surface area (Å²) in [5.41, 5.74) is 2.38. The quantitative estimate of drug-likeness (QED) is 0.881. The Morgan fingerprint density at radius 3 is 1.80 bits per heavy atom. The van der Waals surface area contributed by atoms with Crippen molar-refractivity contribution in [3.63, 3.8) is 0 Å². The standard InChI is InChI=1S/C18H25N3O4/c22-17(23)21-11-9-20(10-12-21)16-3-1-15(2-4-16)19-7-5-18(6-8-19)24-13-14-25-18/h1-4H,5-14H2,(H,22,23). The molecule has 4 rings (SSSR count). The lowest BCUT2D eigenvalue weighted by atomic mass is 10.0. The van der Waals surface area contributed by atoms with E-state index in [1.54, 1.807) is 0 Å². The van der Waals surface area contributed by atoms with Crippen LogP contribution in [0.1, 0.15) is 12.8 Å². The van der Waals surface area contributed by atoms with Crippen molar-refractivity contribution in [3.05, 3.63) is 24.3 Å². The van der Waals surface area contributed by atoms with Crippen molar-refractivity contribution < 1.29 is 19.4 Å². The molecule has 0 radical (unpaired) electrons. The summed E-state index contributed by atoms with van der Waals surface area (Å²) in [6.45, 7) is 5.91. The SMILES string of the molecule is O=C(O)N1CCN(c2ccc(N3CCC4(CC3)OCCO4)cc2)CC1. The van der Waals surface area contributed by atoms with Crippen molar-refractivity contribution in [2.45, 2.75) is 18.6 Å². The molecule has 0 aliphatic carbocycles. The van der Waals surface area contributed by atoms with Crippen LogP contribution in [0.5, 0.6) is 0 Å². The van der Waals surface area contributed by atoms with Crippen molar-refractivity contribution in [1.82, 2.24) is 4.90 Å². The lowest BCUT2D eigenvalue weighted by Crippen LogP contribution is -2.48. The number of amides is 1. The molecular formula is C18H25N3O4. The average Bonchev–Trinajstić information content (AvgIpc) is 3.11. The minimum absolute atomic E-state index is 0.333. The van der Waals surface area contributed by atoms with E-state index in [1.807, 2.05) is 0 Å². The molecule has 1 N–H and O–H groups in total. The Morgan fingerprint density at radius 2 is 1.32 bits per heavy atom. The zero-order valence-electron chi connectivity index (χ0n) is 14.4. The van der Waals surface area contributed by atoms with Crippen molar-refractivity contribution in [3.8, 4) is 0 Å². The summed E-state index contributed by atoms with van der Waals surface area (Å²) in [5, 5.41) is 9.04. The summed E-state index contributed by atoms with van der Waals surface area (Å²) in [6.07, 6.45) is 0.991. The van der Waals surface area contributed by atoms with E-state index in [-0.39, 0.29) is 5.79 Å². The van der Waals surface area contributed by atoms with Gasteiger partial charge in [0.1, 0.15) is 0 Å². The van der Waals surface area contributed by atoms with Crippen molar-refractivity contribution in [2.24, 2.45) is 0 Å². The van der Waals surface area contributed by atoms with Gasteiger partial charge in [-0.3, -0.25) is 0 Å². The summed E-state index contributed by atoms with van der Waals surface area (Å²) in [7, 11) is 0. The van der Waals surface area contributed by atoms with Crippen LogP contribution in [0.4, 0.5) is 16.2 Å². The number of carboxylic acid groups (broad SMARTS) is 1. The van der Waals surface area contributed by atoms with Gasteiger partial charge < -0.3 is 29.3 Å². The van der Waals surface area contributed by atoms with Crippen LogP contribution in [-0.2, 0) is 9.47 Å². The van der Waals surface area contributed by atoms with E-state index in [0.29, 0.717) is 26.3 Å². The molecule has 136 valence electrons. The number of benzene rings is 1. The van der Waals surface area contributed by atoms with E-state index in [4.69, 9.17) is 14.6 Å². The highest BCUT2D eigenvalue weighted by Crippen LogP contribution is 2.33. The van der Waals surface area contributed by atoms with Gasteiger partial charge in [-0.05, 0) is 24.3 Å². The zero-order valence-corrected chi connectivity index (χ0v) is 14.4. The Bertz CT molecular complexity index is 597. The van der Waals surface area contributed by atoms with Crippen LogP contribution in [0, 0.1) is 0 Å². The smallest absolute Gasteiger partial charge is 0.407 e. The molecule has 0 atom stereocenters. The highest BCUT2D eigenvalue weighted by atomic mass is 16.7. The first-order chi connectivity index (χ1) is 12.2. The number of carbonyl (C=O) groups is 1. The average molecular weight is 347 g/mol. The van der Waals surface area contributed by atoms with Gasteiger partial charge in [0.05, 0.1) is 13.2 Å². The number of piperidine rings is 1. The van der Waals surface area contributed by atoms with Crippen LogP contribution in [-0.4, -0.2) is 74.4 Å². The van der Waals surface area contributed by atoms with Gasteiger partial charge in [-0.25, -0.2) is 4.79 Å². The van der Waals surface area contributed by atoms with E-state index >= 15 is 0 Å². The van der Waals surface area contributed by atoms with Crippen molar-refractivity contribution >= 4 is 17.5 Å². The number of hydrogen-bond acceptors (Lipinski definition) is 5. The third-order valence-electron chi connectivity index (χ3n) is 5.47. The normalized spacial score (nSPS) is 23.3. The lowest BCUT2D eigenvalue weighted by Gasteiger charge is -2.39. The number of anilines is 2. The molecule has 3 saturated heterocycles. The fourth-order valence-electron chi connectivity index (χ4n) is 3.92. The fourth-order valence-corrected chi connectivity index (χ4v) is 3.92. The van der Waals surface area contributed by atoms with E-state index < -0.39 is 6.09 Å². The lowest BCUT2D eigenvalue weighted by molar-refractivity contribution is -0.169. The van der Waals surface area contributed by atoms with Crippen LogP contribution >= 0.6 is 0 Å². The summed E-state index contributed by atoms with van der Waals surface area (Å²) in [4.78, 5) is 17.1. The van der Waals surface area contributed by atoms with Gasteiger partial charge in [0.15, 0.2) is 5.79 Å². The maximum Gasteiger partial charge on any atom is 0.407 e. The van der Waals surface area contributed by atoms with Crippen LogP contribution in [0.3, 0.4) is 0 Å². The molecule has 3 aliphatic heterocycles. The zero-order chi connectivity index (χ0) is 17.3. The fraction of sp³-hybridized carbons (Fsp3) is 0.611. The predicted molar refractivity (Wildman–Crippen MR) is 94.3 cm³/mol. The van der Waals surface area contributed by atoms with Crippen LogP contribution in [0.25, 0.3) is 0 Å². The van der Waals surface area contributed by atoms with Gasteiger partial charge >= 0.3 is 6.09 Å². The molecule has 0 bridgehead atoms. The maximum absolute atomic E-state index is 11.0. The minimum atomic E-state index is -0.826. The summed E-state index contributed by atoms with van der Waals surface area (Å²) >= 11 is 0. The van der Waals surface area contributed by atoms with Gasteiger partial charge in [0, 0.05) is 63.5 Å². The second kappa shape index (κ2) is 6.72. The molecule has 3 heterocycles. The maximum atomic E-state index is 11.0. The molecule has 1 amide bonds. The number of rotatable bonds is 2. The Kier molecular flexibility index (Phi) is 4.43. The number of nitrogens with zero attached hydrogens (tertiary/aromatic N) is 3. The first-order valence-corrected chi connectivity index (χ1v) is 9.01. The summed E-state index contributed by atoms with van der Waals surface area (Å²) in [5.74, 6) is -0.333.